The molecule has 0 bridgehead atoms. The van der Waals surface area contributed by atoms with E-state index in [9.17, 15) is 4.39 Å². The molecule has 1 N–H and O–H groups in total. The van der Waals surface area contributed by atoms with E-state index in [1.807, 2.05) is 6.07 Å². The lowest BCUT2D eigenvalue weighted by Crippen LogP contribution is -2.23. The summed E-state index contributed by atoms with van der Waals surface area (Å²) in [6.45, 7) is 0.563. The molecule has 1 aromatic carbocycles. The minimum absolute atomic E-state index is 0.135. The molecule has 0 saturated heterocycles. The van der Waals surface area contributed by atoms with Crippen molar-refractivity contribution in [1.82, 2.24) is 5.32 Å². The molecule has 0 radical (unpaired) electrons. The third-order valence-electron chi connectivity index (χ3n) is 3.35. The van der Waals surface area contributed by atoms with Crippen LogP contribution in [0.15, 0.2) is 12.1 Å². The van der Waals surface area contributed by atoms with Crippen molar-refractivity contribution in [2.45, 2.75) is 37.8 Å². The Labute approximate surface area is 105 Å². The molecule has 1 heterocycles. The third kappa shape index (κ3) is 2.26. The summed E-state index contributed by atoms with van der Waals surface area (Å²) in [5, 5.41) is 3.68. The van der Waals surface area contributed by atoms with Crippen LogP contribution in [0.3, 0.4) is 0 Å². The average molecular weight is 256 g/mol. The van der Waals surface area contributed by atoms with E-state index in [-0.39, 0.29) is 11.1 Å². The van der Waals surface area contributed by atoms with Gasteiger partial charge in [-0.2, -0.15) is 0 Å². The minimum atomic E-state index is -0.423. The second-order valence-corrected chi connectivity index (χ2v) is 5.17. The number of ether oxygens (including phenoxy) is 1. The second-order valence-electron chi connectivity index (χ2n) is 4.76. The summed E-state index contributed by atoms with van der Waals surface area (Å²) in [5.74, 6) is -0.0817. The fraction of sp³-hybridized carbons (Fsp3) is 0.538. The Bertz CT molecular complexity index is 434. The number of rotatable bonds is 2. The quantitative estimate of drug-likeness (QED) is 0.874. The molecule has 1 saturated carbocycles. The van der Waals surface area contributed by atoms with Crippen molar-refractivity contribution < 1.29 is 9.13 Å². The van der Waals surface area contributed by atoms with Crippen molar-refractivity contribution in [3.8, 4) is 5.75 Å². The standard InChI is InChI=1S/C13H15ClFNO/c14-10-6-5-9-11(16-8-3-4-8)2-1-7-17-13(9)12(10)15/h5-6,8,11,16H,1-4,7H2. The Morgan fingerprint density at radius 3 is 2.88 bits per heavy atom. The molecule has 1 aliphatic carbocycles. The van der Waals surface area contributed by atoms with E-state index in [0.29, 0.717) is 18.4 Å². The van der Waals surface area contributed by atoms with Gasteiger partial charge in [0.25, 0.3) is 0 Å². The van der Waals surface area contributed by atoms with Gasteiger partial charge in [-0.05, 0) is 31.7 Å². The first-order valence-corrected chi connectivity index (χ1v) is 6.50. The first kappa shape index (κ1) is 11.3. The van der Waals surface area contributed by atoms with Gasteiger partial charge >= 0.3 is 0 Å². The van der Waals surface area contributed by atoms with Gasteiger partial charge in [0.05, 0.1) is 11.6 Å². The van der Waals surface area contributed by atoms with Crippen LogP contribution in [-0.4, -0.2) is 12.6 Å². The molecule has 0 aromatic heterocycles. The summed E-state index contributed by atoms with van der Waals surface area (Å²) in [6, 6.07) is 4.30. The van der Waals surface area contributed by atoms with E-state index in [4.69, 9.17) is 16.3 Å². The van der Waals surface area contributed by atoms with Crippen LogP contribution in [0, 0.1) is 5.82 Å². The van der Waals surface area contributed by atoms with Crippen LogP contribution in [0.4, 0.5) is 4.39 Å². The topological polar surface area (TPSA) is 21.3 Å². The predicted molar refractivity (Wildman–Crippen MR) is 65.0 cm³/mol. The van der Waals surface area contributed by atoms with Gasteiger partial charge in [0.15, 0.2) is 11.6 Å². The molecule has 17 heavy (non-hydrogen) atoms. The molecular weight excluding hydrogens is 241 g/mol. The van der Waals surface area contributed by atoms with E-state index in [1.54, 1.807) is 6.07 Å². The summed E-state index contributed by atoms with van der Waals surface area (Å²) >= 11 is 5.79. The van der Waals surface area contributed by atoms with E-state index >= 15 is 0 Å². The molecule has 1 unspecified atom stereocenters. The van der Waals surface area contributed by atoms with Crippen molar-refractivity contribution in [3.05, 3.63) is 28.5 Å². The maximum absolute atomic E-state index is 13.9. The van der Waals surface area contributed by atoms with E-state index in [2.05, 4.69) is 5.32 Å². The molecule has 1 aliphatic heterocycles. The Hall–Kier alpha value is -0.800. The van der Waals surface area contributed by atoms with E-state index in [1.165, 1.54) is 12.8 Å². The Balaban J connectivity index is 1.96. The van der Waals surface area contributed by atoms with Crippen molar-refractivity contribution in [2.75, 3.05) is 6.61 Å². The number of fused-ring (bicyclic) bond motifs is 1. The van der Waals surface area contributed by atoms with E-state index in [0.717, 1.165) is 18.4 Å². The Morgan fingerprint density at radius 2 is 2.12 bits per heavy atom. The fourth-order valence-electron chi connectivity index (χ4n) is 2.29. The van der Waals surface area contributed by atoms with Gasteiger partial charge in [0.1, 0.15) is 0 Å². The number of hydrogen-bond donors (Lipinski definition) is 1. The summed E-state index contributed by atoms with van der Waals surface area (Å²) in [4.78, 5) is 0. The van der Waals surface area contributed by atoms with Crippen LogP contribution in [0.2, 0.25) is 5.02 Å². The molecule has 92 valence electrons. The predicted octanol–water partition coefficient (Wildman–Crippen LogP) is 3.44. The van der Waals surface area contributed by atoms with Gasteiger partial charge in [-0.15, -0.1) is 0 Å². The summed E-state index contributed by atoms with van der Waals surface area (Å²) in [7, 11) is 0. The fourth-order valence-corrected chi connectivity index (χ4v) is 2.44. The smallest absolute Gasteiger partial charge is 0.183 e. The molecule has 3 rings (SSSR count). The molecule has 2 aliphatic rings. The number of nitrogens with one attached hydrogen (secondary N) is 1. The maximum atomic E-state index is 13.9. The first-order chi connectivity index (χ1) is 8.25. The zero-order chi connectivity index (χ0) is 11.8. The molecule has 0 amide bonds. The maximum Gasteiger partial charge on any atom is 0.183 e. The third-order valence-corrected chi connectivity index (χ3v) is 3.65. The summed E-state index contributed by atoms with van der Waals surface area (Å²) in [6.07, 6.45) is 4.38. The molecule has 0 spiro atoms. The van der Waals surface area contributed by atoms with Crippen molar-refractivity contribution >= 4 is 11.6 Å². The van der Waals surface area contributed by atoms with Crippen molar-refractivity contribution in [1.29, 1.82) is 0 Å². The highest BCUT2D eigenvalue weighted by atomic mass is 35.5. The highest BCUT2D eigenvalue weighted by Gasteiger charge is 2.29. The van der Waals surface area contributed by atoms with Crippen LogP contribution in [-0.2, 0) is 0 Å². The number of benzene rings is 1. The van der Waals surface area contributed by atoms with Gasteiger partial charge < -0.3 is 10.1 Å². The lowest BCUT2D eigenvalue weighted by molar-refractivity contribution is 0.300. The lowest BCUT2D eigenvalue weighted by Gasteiger charge is -2.18. The monoisotopic (exact) mass is 255 g/mol. The second kappa shape index (κ2) is 4.46. The molecule has 2 nitrogen and oxygen atoms in total. The van der Waals surface area contributed by atoms with Crippen LogP contribution in [0.25, 0.3) is 0 Å². The zero-order valence-corrected chi connectivity index (χ0v) is 10.3. The first-order valence-electron chi connectivity index (χ1n) is 6.12. The average Bonchev–Trinajstić information content (AvgIpc) is 3.13. The van der Waals surface area contributed by atoms with Gasteiger partial charge in [-0.1, -0.05) is 17.7 Å². The largest absolute Gasteiger partial charge is 0.490 e. The zero-order valence-electron chi connectivity index (χ0n) is 9.51. The van der Waals surface area contributed by atoms with Crippen molar-refractivity contribution in [2.24, 2.45) is 0 Å². The van der Waals surface area contributed by atoms with Crippen molar-refractivity contribution in [3.63, 3.8) is 0 Å². The van der Waals surface area contributed by atoms with Gasteiger partial charge in [-0.25, -0.2) is 4.39 Å². The molecule has 1 aromatic rings. The SMILES string of the molecule is Fc1c(Cl)ccc2c1OCCCC2NC1CC1. The van der Waals surface area contributed by atoms with Crippen LogP contribution >= 0.6 is 11.6 Å². The Morgan fingerprint density at radius 1 is 1.29 bits per heavy atom. The van der Waals surface area contributed by atoms with Crippen LogP contribution < -0.4 is 10.1 Å². The van der Waals surface area contributed by atoms with Crippen LogP contribution in [0.5, 0.6) is 5.75 Å². The Kier molecular flexibility index (Phi) is 2.97. The normalized spacial score (nSPS) is 23.8. The number of halogens is 2. The molecule has 1 atom stereocenters. The molecular formula is C13H15ClFNO. The highest BCUT2D eigenvalue weighted by Crippen LogP contribution is 2.38. The van der Waals surface area contributed by atoms with Gasteiger partial charge in [0.2, 0.25) is 0 Å². The minimum Gasteiger partial charge on any atom is -0.490 e. The summed E-state index contributed by atoms with van der Waals surface area (Å²) < 4.78 is 19.4. The molecule has 4 heteroatoms. The number of hydrogen-bond acceptors (Lipinski definition) is 2. The lowest BCUT2D eigenvalue weighted by atomic mass is 10.0. The highest BCUT2D eigenvalue weighted by molar-refractivity contribution is 6.30. The van der Waals surface area contributed by atoms with Gasteiger partial charge in [0, 0.05) is 17.6 Å². The van der Waals surface area contributed by atoms with Crippen LogP contribution in [0.1, 0.15) is 37.3 Å². The van der Waals surface area contributed by atoms with E-state index < -0.39 is 5.82 Å². The van der Waals surface area contributed by atoms with Gasteiger partial charge in [-0.3, -0.25) is 0 Å². The summed E-state index contributed by atoms with van der Waals surface area (Å²) in [5.41, 5.74) is 0.913. The molecule has 1 fully saturated rings.